The first-order valence-corrected chi connectivity index (χ1v) is 8.82. The summed E-state index contributed by atoms with van der Waals surface area (Å²) >= 11 is 0. The predicted molar refractivity (Wildman–Crippen MR) is 111 cm³/mol. The molecule has 0 unspecified atom stereocenters. The Morgan fingerprint density at radius 2 is 1.61 bits per heavy atom. The molecule has 0 radical (unpaired) electrons. The molecule has 8 nitrogen and oxygen atoms in total. The van der Waals surface area contributed by atoms with Crippen LogP contribution < -0.4 is 27.3 Å². The highest BCUT2D eigenvalue weighted by atomic mass is 16.1. The quantitative estimate of drug-likeness (QED) is 0.282. The first-order chi connectivity index (χ1) is 13.4. The van der Waals surface area contributed by atoms with Gasteiger partial charge in [-0.2, -0.15) is 0 Å². The standard InChI is InChI=1S/C20H23N7O/c1-14-17(18(28)27(26(14)3)16-12-8-5-9-13-16)25(2)20(22)24-19(21)23-15-10-6-4-7-11-15/h4-13H,1-3H3,(H4,21,22,23,24)/p+2. The smallest absolute Gasteiger partial charge is 0.344 e. The van der Waals surface area contributed by atoms with Crippen molar-refractivity contribution in [2.24, 2.45) is 18.5 Å². The van der Waals surface area contributed by atoms with Gasteiger partial charge in [-0.25, -0.2) is 10.4 Å². The fourth-order valence-corrected chi connectivity index (χ4v) is 2.99. The Balaban J connectivity index is 2.01. The van der Waals surface area contributed by atoms with Crippen LogP contribution in [0.15, 0.2) is 65.5 Å². The van der Waals surface area contributed by atoms with Gasteiger partial charge in [0.05, 0.1) is 11.4 Å². The van der Waals surface area contributed by atoms with E-state index < -0.39 is 0 Å². The number of hydrogen-bond donors (Lipinski definition) is 4. The number of nitrogens with one attached hydrogen (secondary N) is 2. The zero-order chi connectivity index (χ0) is 20.3. The molecule has 6 N–H and O–H groups in total. The van der Waals surface area contributed by atoms with Crippen molar-refractivity contribution >= 4 is 23.3 Å². The van der Waals surface area contributed by atoms with Crippen molar-refractivity contribution in [2.45, 2.75) is 6.92 Å². The molecular formula is C20H25N7O+2. The fraction of sp³-hybridized carbons (Fsp3) is 0.150. The maximum atomic E-state index is 13.1. The van der Waals surface area contributed by atoms with Crippen molar-refractivity contribution < 1.29 is 9.57 Å². The molecule has 0 amide bonds. The summed E-state index contributed by atoms with van der Waals surface area (Å²) in [7, 11) is 3.55. The van der Waals surface area contributed by atoms with E-state index in [0.29, 0.717) is 5.69 Å². The Kier molecular flexibility index (Phi) is 5.30. The van der Waals surface area contributed by atoms with Crippen LogP contribution in [0.25, 0.3) is 5.69 Å². The molecule has 1 heterocycles. The molecule has 28 heavy (non-hydrogen) atoms. The Labute approximate surface area is 163 Å². The van der Waals surface area contributed by atoms with Gasteiger partial charge in [-0.15, -0.1) is 9.57 Å². The SMILES string of the molecule is Cc1c([N+](C)=C(N)[NH+]=C(N)Nc2ccccc2)c(=O)n(-c2ccccc2)n1C. The summed E-state index contributed by atoms with van der Waals surface area (Å²) in [6.45, 7) is 1.87. The van der Waals surface area contributed by atoms with E-state index in [-0.39, 0.29) is 17.5 Å². The van der Waals surface area contributed by atoms with E-state index >= 15 is 0 Å². The molecule has 3 aromatic rings. The van der Waals surface area contributed by atoms with Crippen molar-refractivity contribution in [3.8, 4) is 5.69 Å². The van der Waals surface area contributed by atoms with E-state index in [4.69, 9.17) is 11.5 Å². The van der Waals surface area contributed by atoms with E-state index in [1.807, 2.05) is 74.6 Å². The summed E-state index contributed by atoms with van der Waals surface area (Å²) in [5, 5.41) is 3.02. The van der Waals surface area contributed by atoms with Crippen molar-refractivity contribution in [3.63, 3.8) is 0 Å². The molecule has 2 aromatic carbocycles. The van der Waals surface area contributed by atoms with E-state index in [0.717, 1.165) is 17.1 Å². The van der Waals surface area contributed by atoms with Crippen LogP contribution in [-0.4, -0.2) is 32.9 Å². The van der Waals surface area contributed by atoms with Crippen LogP contribution in [0.4, 0.5) is 11.4 Å². The van der Waals surface area contributed by atoms with Gasteiger partial charge in [0.25, 0.3) is 0 Å². The van der Waals surface area contributed by atoms with Gasteiger partial charge in [-0.3, -0.25) is 9.48 Å². The highest BCUT2D eigenvalue weighted by Crippen LogP contribution is 2.15. The normalized spacial score (nSPS) is 12.6. The highest BCUT2D eigenvalue weighted by molar-refractivity contribution is 5.90. The Bertz CT molecular complexity index is 1090. The lowest BCUT2D eigenvalue weighted by Gasteiger charge is -2.06. The molecule has 1 aromatic heterocycles. The second-order valence-electron chi connectivity index (χ2n) is 6.38. The monoisotopic (exact) mass is 379 g/mol. The maximum Gasteiger partial charge on any atom is 0.524 e. The van der Waals surface area contributed by atoms with Crippen LogP contribution in [-0.2, 0) is 7.05 Å². The Morgan fingerprint density at radius 3 is 2.21 bits per heavy atom. The van der Waals surface area contributed by atoms with E-state index in [1.54, 1.807) is 21.0 Å². The van der Waals surface area contributed by atoms with Gasteiger partial charge in [-0.1, -0.05) is 36.4 Å². The average Bonchev–Trinajstić information content (AvgIpc) is 2.91. The van der Waals surface area contributed by atoms with Gasteiger partial charge in [-0.05, 0) is 31.2 Å². The molecule has 0 aliphatic carbocycles. The third-order valence-corrected chi connectivity index (χ3v) is 4.54. The molecule has 0 fully saturated rings. The van der Waals surface area contributed by atoms with E-state index in [1.165, 1.54) is 0 Å². The number of aromatic nitrogens is 2. The number of benzene rings is 2. The minimum Gasteiger partial charge on any atom is -0.344 e. The first-order valence-electron chi connectivity index (χ1n) is 8.82. The van der Waals surface area contributed by atoms with Crippen LogP contribution in [0, 0.1) is 6.92 Å². The molecule has 0 saturated carbocycles. The minimum atomic E-state index is -0.173. The second-order valence-corrected chi connectivity index (χ2v) is 6.38. The van der Waals surface area contributed by atoms with Gasteiger partial charge >= 0.3 is 17.5 Å². The number of hydrogen-bond acceptors (Lipinski definition) is 1. The fourth-order valence-electron chi connectivity index (χ4n) is 2.99. The third-order valence-electron chi connectivity index (χ3n) is 4.54. The molecular weight excluding hydrogens is 354 g/mol. The molecule has 0 aliphatic rings. The first kappa shape index (κ1) is 19.0. The Hall–Kier alpha value is -3.81. The number of guanidine groups is 2. The molecule has 0 aliphatic heterocycles. The topological polar surface area (TPSA) is 108 Å². The lowest BCUT2D eigenvalue weighted by atomic mass is 10.3. The van der Waals surface area contributed by atoms with Gasteiger partial charge in [0, 0.05) is 12.7 Å². The van der Waals surface area contributed by atoms with Gasteiger partial charge < -0.3 is 11.1 Å². The third kappa shape index (κ3) is 3.66. The van der Waals surface area contributed by atoms with E-state index in [2.05, 4.69) is 10.3 Å². The van der Waals surface area contributed by atoms with Crippen LogP contribution in [0.5, 0.6) is 0 Å². The number of rotatable bonds is 3. The molecule has 144 valence electrons. The van der Waals surface area contributed by atoms with Crippen LogP contribution >= 0.6 is 0 Å². The average molecular weight is 379 g/mol. The summed E-state index contributed by atoms with van der Waals surface area (Å²) in [5.41, 5.74) is 14.8. The summed E-state index contributed by atoms with van der Waals surface area (Å²) in [4.78, 5) is 16.0. The lowest BCUT2D eigenvalue weighted by molar-refractivity contribution is -0.486. The maximum absolute atomic E-state index is 13.1. The summed E-state index contributed by atoms with van der Waals surface area (Å²) in [5.74, 6) is 0.486. The highest BCUT2D eigenvalue weighted by Gasteiger charge is 2.25. The molecule has 0 saturated heterocycles. The van der Waals surface area contributed by atoms with Gasteiger partial charge in [0.2, 0.25) is 5.69 Å². The largest absolute Gasteiger partial charge is 0.524 e. The van der Waals surface area contributed by atoms with Gasteiger partial charge in [0.15, 0.2) is 0 Å². The second kappa shape index (κ2) is 7.83. The lowest BCUT2D eigenvalue weighted by Crippen LogP contribution is -2.85. The summed E-state index contributed by atoms with van der Waals surface area (Å²) in [6.07, 6.45) is 0. The Morgan fingerprint density at radius 1 is 1.04 bits per heavy atom. The number of para-hydroxylation sites is 2. The van der Waals surface area contributed by atoms with Crippen molar-refractivity contribution in [1.29, 1.82) is 0 Å². The van der Waals surface area contributed by atoms with Crippen LogP contribution in [0.2, 0.25) is 0 Å². The van der Waals surface area contributed by atoms with E-state index in [9.17, 15) is 4.79 Å². The number of anilines is 1. The summed E-state index contributed by atoms with van der Waals surface area (Å²) < 4.78 is 4.99. The zero-order valence-corrected chi connectivity index (χ0v) is 16.2. The molecule has 0 atom stereocenters. The summed E-state index contributed by atoms with van der Waals surface area (Å²) in [6, 6.07) is 18.9. The number of nitrogens with two attached hydrogens (primary N) is 2. The van der Waals surface area contributed by atoms with Crippen LogP contribution in [0.1, 0.15) is 5.69 Å². The van der Waals surface area contributed by atoms with Crippen LogP contribution in [0.3, 0.4) is 0 Å². The van der Waals surface area contributed by atoms with Crippen molar-refractivity contribution in [3.05, 3.63) is 76.7 Å². The number of nitrogens with zero attached hydrogens (tertiary/aromatic N) is 3. The molecule has 0 spiro atoms. The zero-order valence-electron chi connectivity index (χ0n) is 16.2. The minimum absolute atomic E-state index is 0.173. The van der Waals surface area contributed by atoms with Crippen molar-refractivity contribution in [2.75, 3.05) is 12.4 Å². The molecule has 8 heteroatoms. The molecule has 0 bridgehead atoms. The van der Waals surface area contributed by atoms with Crippen molar-refractivity contribution in [1.82, 2.24) is 9.36 Å². The van der Waals surface area contributed by atoms with Gasteiger partial charge in [0.1, 0.15) is 7.05 Å². The predicted octanol–water partition coefficient (Wildman–Crippen LogP) is -0.420. The molecule has 3 rings (SSSR count).